The summed E-state index contributed by atoms with van der Waals surface area (Å²) in [5.41, 5.74) is 2.13. The molecule has 2 N–H and O–H groups in total. The zero-order valence-electron chi connectivity index (χ0n) is 11.8. The van der Waals surface area contributed by atoms with Crippen LogP contribution in [0.5, 0.6) is 0 Å². The topological polar surface area (TPSA) is 72.5 Å². The molecule has 1 rings (SSSR count). The van der Waals surface area contributed by atoms with E-state index in [0.29, 0.717) is 18.7 Å². The Morgan fingerprint density at radius 2 is 2.21 bits per heavy atom. The molecule has 6 nitrogen and oxygen atoms in total. The maximum absolute atomic E-state index is 12.1. The SMILES string of the molecule is CNc1cc(C)ncc1C(=O)NCC(COC)OC. The molecule has 0 bridgehead atoms. The minimum absolute atomic E-state index is 0.162. The van der Waals surface area contributed by atoms with Crippen molar-refractivity contribution in [2.75, 3.05) is 39.7 Å². The van der Waals surface area contributed by atoms with Crippen LogP contribution in [-0.4, -0.2) is 51.4 Å². The number of rotatable bonds is 7. The van der Waals surface area contributed by atoms with Crippen molar-refractivity contribution in [1.29, 1.82) is 0 Å². The van der Waals surface area contributed by atoms with E-state index in [2.05, 4.69) is 15.6 Å². The Labute approximate surface area is 113 Å². The van der Waals surface area contributed by atoms with Crippen LogP contribution in [0.4, 0.5) is 5.69 Å². The zero-order valence-corrected chi connectivity index (χ0v) is 11.8. The fourth-order valence-corrected chi connectivity index (χ4v) is 1.65. The molecule has 0 saturated carbocycles. The summed E-state index contributed by atoms with van der Waals surface area (Å²) >= 11 is 0. The lowest BCUT2D eigenvalue weighted by Gasteiger charge is -2.16. The molecule has 1 amide bonds. The Bertz CT molecular complexity index is 424. The maximum Gasteiger partial charge on any atom is 0.255 e. The van der Waals surface area contributed by atoms with Crippen molar-refractivity contribution in [3.8, 4) is 0 Å². The van der Waals surface area contributed by atoms with Gasteiger partial charge in [-0.15, -0.1) is 0 Å². The van der Waals surface area contributed by atoms with E-state index in [1.165, 1.54) is 0 Å². The third-order valence-corrected chi connectivity index (χ3v) is 2.73. The van der Waals surface area contributed by atoms with Gasteiger partial charge in [-0.2, -0.15) is 0 Å². The van der Waals surface area contributed by atoms with Crippen molar-refractivity contribution in [2.24, 2.45) is 0 Å². The number of hydrogen-bond donors (Lipinski definition) is 2. The number of carbonyl (C=O) groups excluding carboxylic acids is 1. The van der Waals surface area contributed by atoms with Gasteiger partial charge in [-0.1, -0.05) is 0 Å². The highest BCUT2D eigenvalue weighted by Gasteiger charge is 2.14. The molecule has 106 valence electrons. The molecule has 0 saturated heterocycles. The summed E-state index contributed by atoms with van der Waals surface area (Å²) in [6.07, 6.45) is 1.40. The quantitative estimate of drug-likeness (QED) is 0.765. The van der Waals surface area contributed by atoms with Crippen molar-refractivity contribution < 1.29 is 14.3 Å². The van der Waals surface area contributed by atoms with Gasteiger partial charge in [0, 0.05) is 39.7 Å². The van der Waals surface area contributed by atoms with Crippen LogP contribution in [0.25, 0.3) is 0 Å². The van der Waals surface area contributed by atoms with E-state index < -0.39 is 0 Å². The smallest absolute Gasteiger partial charge is 0.255 e. The lowest BCUT2D eigenvalue weighted by Crippen LogP contribution is -2.35. The predicted octanol–water partition coefficient (Wildman–Crippen LogP) is 0.823. The van der Waals surface area contributed by atoms with Gasteiger partial charge in [0.2, 0.25) is 0 Å². The molecule has 1 atom stereocenters. The maximum atomic E-state index is 12.1. The molecule has 6 heteroatoms. The third kappa shape index (κ3) is 4.50. The fourth-order valence-electron chi connectivity index (χ4n) is 1.65. The van der Waals surface area contributed by atoms with E-state index in [1.54, 1.807) is 27.5 Å². The van der Waals surface area contributed by atoms with E-state index in [0.717, 1.165) is 11.4 Å². The fraction of sp³-hybridized carbons (Fsp3) is 0.538. The second-order valence-electron chi connectivity index (χ2n) is 4.14. The Balaban J connectivity index is 2.67. The standard InChI is InChI=1S/C13H21N3O3/c1-9-5-12(14-2)11(7-15-9)13(17)16-6-10(19-4)8-18-3/h5,7,10H,6,8H2,1-4H3,(H,14,15)(H,16,17). The number of aryl methyl sites for hydroxylation is 1. The molecule has 1 aromatic heterocycles. The monoisotopic (exact) mass is 267 g/mol. The van der Waals surface area contributed by atoms with Gasteiger partial charge in [-0.05, 0) is 13.0 Å². The minimum Gasteiger partial charge on any atom is -0.387 e. The second-order valence-corrected chi connectivity index (χ2v) is 4.14. The van der Waals surface area contributed by atoms with Gasteiger partial charge >= 0.3 is 0 Å². The first-order chi connectivity index (χ1) is 9.12. The third-order valence-electron chi connectivity index (χ3n) is 2.73. The summed E-state index contributed by atoms with van der Waals surface area (Å²) in [4.78, 5) is 16.2. The van der Waals surface area contributed by atoms with Gasteiger partial charge in [-0.25, -0.2) is 0 Å². The number of hydrogen-bond acceptors (Lipinski definition) is 5. The van der Waals surface area contributed by atoms with Crippen molar-refractivity contribution in [2.45, 2.75) is 13.0 Å². The normalized spacial score (nSPS) is 12.0. The van der Waals surface area contributed by atoms with E-state index in [9.17, 15) is 4.79 Å². The highest BCUT2D eigenvalue weighted by Crippen LogP contribution is 2.14. The highest BCUT2D eigenvalue weighted by atomic mass is 16.5. The average Bonchev–Trinajstić information content (AvgIpc) is 2.42. The molecule has 1 aromatic rings. The second kappa shape index (κ2) is 7.70. The number of amides is 1. The molecule has 0 aliphatic heterocycles. The molecule has 0 fully saturated rings. The van der Waals surface area contributed by atoms with Gasteiger partial charge < -0.3 is 20.1 Å². The molecule has 0 aromatic carbocycles. The molecule has 1 unspecified atom stereocenters. The minimum atomic E-state index is -0.185. The molecule has 0 radical (unpaired) electrons. The van der Waals surface area contributed by atoms with Gasteiger partial charge in [0.15, 0.2) is 0 Å². The Hall–Kier alpha value is -1.66. The van der Waals surface area contributed by atoms with E-state index in [4.69, 9.17) is 9.47 Å². The number of carbonyl (C=O) groups is 1. The molecule has 0 aliphatic rings. The van der Waals surface area contributed by atoms with Crippen LogP contribution in [-0.2, 0) is 9.47 Å². The van der Waals surface area contributed by atoms with Crippen LogP contribution in [0.1, 0.15) is 16.1 Å². The molecular formula is C13H21N3O3. The first-order valence-electron chi connectivity index (χ1n) is 6.06. The van der Waals surface area contributed by atoms with Crippen molar-refractivity contribution in [1.82, 2.24) is 10.3 Å². The van der Waals surface area contributed by atoms with Gasteiger partial charge in [0.1, 0.15) is 0 Å². The Kier molecular flexibility index (Phi) is 6.24. The predicted molar refractivity (Wildman–Crippen MR) is 73.5 cm³/mol. The summed E-state index contributed by atoms with van der Waals surface area (Å²) < 4.78 is 10.2. The molecule has 1 heterocycles. The van der Waals surface area contributed by atoms with Crippen LogP contribution in [0.15, 0.2) is 12.3 Å². The number of methoxy groups -OCH3 is 2. The molecule has 0 aliphatic carbocycles. The lowest BCUT2D eigenvalue weighted by molar-refractivity contribution is 0.0285. The van der Waals surface area contributed by atoms with E-state index >= 15 is 0 Å². The Morgan fingerprint density at radius 1 is 1.47 bits per heavy atom. The summed E-state index contributed by atoms with van der Waals surface area (Å²) in [5, 5.41) is 5.79. The van der Waals surface area contributed by atoms with Crippen molar-refractivity contribution >= 4 is 11.6 Å². The first-order valence-corrected chi connectivity index (χ1v) is 6.06. The van der Waals surface area contributed by atoms with Crippen LogP contribution >= 0.6 is 0 Å². The van der Waals surface area contributed by atoms with Crippen LogP contribution in [0.2, 0.25) is 0 Å². The lowest BCUT2D eigenvalue weighted by atomic mass is 10.2. The summed E-state index contributed by atoms with van der Waals surface area (Å²) in [6, 6.07) is 1.83. The summed E-state index contributed by atoms with van der Waals surface area (Å²) in [5.74, 6) is -0.185. The number of ether oxygens (including phenoxy) is 2. The van der Waals surface area contributed by atoms with E-state index in [1.807, 2.05) is 13.0 Å². The van der Waals surface area contributed by atoms with Crippen LogP contribution < -0.4 is 10.6 Å². The van der Waals surface area contributed by atoms with Crippen molar-refractivity contribution in [3.63, 3.8) is 0 Å². The number of anilines is 1. The van der Waals surface area contributed by atoms with Gasteiger partial charge in [0.25, 0.3) is 5.91 Å². The average molecular weight is 267 g/mol. The van der Waals surface area contributed by atoms with Gasteiger partial charge in [-0.3, -0.25) is 9.78 Å². The number of pyridine rings is 1. The molecule has 19 heavy (non-hydrogen) atoms. The van der Waals surface area contributed by atoms with Crippen LogP contribution in [0, 0.1) is 6.92 Å². The Morgan fingerprint density at radius 3 is 2.79 bits per heavy atom. The number of nitrogens with zero attached hydrogens (tertiary/aromatic N) is 1. The summed E-state index contributed by atoms with van der Waals surface area (Å²) in [7, 11) is 4.95. The van der Waals surface area contributed by atoms with E-state index in [-0.39, 0.29) is 12.0 Å². The highest BCUT2D eigenvalue weighted by molar-refractivity contribution is 5.99. The van der Waals surface area contributed by atoms with Gasteiger partial charge in [0.05, 0.1) is 24.0 Å². The number of aromatic nitrogens is 1. The zero-order chi connectivity index (χ0) is 14.3. The molecule has 0 spiro atoms. The van der Waals surface area contributed by atoms with Crippen LogP contribution in [0.3, 0.4) is 0 Å². The largest absolute Gasteiger partial charge is 0.387 e. The summed E-state index contributed by atoms with van der Waals surface area (Å²) in [6.45, 7) is 2.70. The molecular weight excluding hydrogens is 246 g/mol. The first kappa shape index (κ1) is 15.4. The van der Waals surface area contributed by atoms with Crippen molar-refractivity contribution in [3.05, 3.63) is 23.5 Å². The number of nitrogens with one attached hydrogen (secondary N) is 2.